The van der Waals surface area contributed by atoms with Crippen molar-refractivity contribution in [3.05, 3.63) is 12.7 Å². The first-order valence-corrected chi connectivity index (χ1v) is 18.1. The van der Waals surface area contributed by atoms with Crippen LogP contribution in [0.1, 0.15) is 33.4 Å². The van der Waals surface area contributed by atoms with Crippen LogP contribution in [0.5, 0.6) is 0 Å². The molecule has 266 valence electrons. The van der Waals surface area contributed by atoms with Crippen molar-refractivity contribution in [1.82, 2.24) is 30.2 Å². The smallest absolute Gasteiger partial charge is 0.386 e. The molecule has 0 aromatic carbocycles. The maximum Gasteiger partial charge on any atom is 0.481 e. The van der Waals surface area contributed by atoms with Crippen LogP contribution in [0, 0.1) is 5.41 Å². The van der Waals surface area contributed by atoms with E-state index in [9.17, 15) is 53.1 Å². The molecule has 3 rings (SSSR count). The molecule has 0 radical (unpaired) electrons. The number of nitrogens with two attached hydrogens (primary N) is 1. The van der Waals surface area contributed by atoms with Gasteiger partial charge in [0, 0.05) is 24.9 Å². The maximum atomic E-state index is 12.6. The number of aliphatic hydroxyl groups is 2. The highest BCUT2D eigenvalue weighted by Gasteiger charge is 2.50. The van der Waals surface area contributed by atoms with Gasteiger partial charge < -0.3 is 50.9 Å². The average molecular weight is 735 g/mol. The zero-order valence-electron chi connectivity index (χ0n) is 25.1. The van der Waals surface area contributed by atoms with Crippen molar-refractivity contribution in [3.8, 4) is 0 Å². The molecular weight excluding hydrogens is 699 g/mol. The number of nitrogens with one attached hydrogen (secondary N) is 2. The summed E-state index contributed by atoms with van der Waals surface area (Å²) in [5.74, 6) is -1.31. The molecule has 0 spiro atoms. The van der Waals surface area contributed by atoms with Crippen LogP contribution in [0.2, 0.25) is 0 Å². The van der Waals surface area contributed by atoms with E-state index >= 15 is 0 Å². The van der Waals surface area contributed by atoms with E-state index in [4.69, 9.17) is 19.5 Å². The number of aliphatic hydroxyl groups excluding tert-OH is 2. The topological polar surface area (TPSA) is 347 Å². The Labute approximate surface area is 266 Å². The third-order valence-corrected chi connectivity index (χ3v) is 9.55. The third-order valence-electron chi connectivity index (χ3n) is 6.45. The van der Waals surface area contributed by atoms with Crippen LogP contribution in [-0.2, 0) is 45.9 Å². The fourth-order valence-electron chi connectivity index (χ4n) is 4.14. The van der Waals surface area contributed by atoms with Crippen molar-refractivity contribution >= 4 is 52.3 Å². The largest absolute Gasteiger partial charge is 0.481 e. The number of phosphoric ester groups is 3. The molecular formula is C21H36N7O16P3. The summed E-state index contributed by atoms with van der Waals surface area (Å²) in [5, 5.41) is 26.0. The summed E-state index contributed by atoms with van der Waals surface area (Å²) in [6, 6.07) is 0. The number of hydrogen-bond acceptors (Lipinski definition) is 16. The number of aromatic nitrogens is 4. The molecule has 1 saturated heterocycles. The average Bonchev–Trinajstić information content (AvgIpc) is 3.51. The zero-order chi connectivity index (χ0) is 35.4. The van der Waals surface area contributed by atoms with E-state index in [1.165, 1.54) is 13.8 Å². The van der Waals surface area contributed by atoms with Gasteiger partial charge >= 0.3 is 23.5 Å². The fourth-order valence-corrected chi connectivity index (χ4v) is 6.97. The Morgan fingerprint density at radius 3 is 2.40 bits per heavy atom. The first-order chi connectivity index (χ1) is 21.7. The Hall–Kier alpha value is -2.46. The molecule has 0 bridgehead atoms. The number of phosphoric acid groups is 3. The predicted octanol–water partition coefficient (Wildman–Crippen LogP) is -1.58. The van der Waals surface area contributed by atoms with Crippen molar-refractivity contribution in [2.75, 3.05) is 32.0 Å². The van der Waals surface area contributed by atoms with Gasteiger partial charge in [-0.2, -0.15) is 4.31 Å². The molecule has 10 N–H and O–H groups in total. The zero-order valence-corrected chi connectivity index (χ0v) is 27.7. The number of amides is 2. The Morgan fingerprint density at radius 1 is 1.11 bits per heavy atom. The van der Waals surface area contributed by atoms with Gasteiger partial charge in [-0.25, -0.2) is 28.6 Å². The molecule has 3 heterocycles. The first kappa shape index (κ1) is 39.0. The number of fused-ring (bicyclic) bond motifs is 1. The number of nitrogens with zero attached hydrogens (tertiary/aromatic N) is 4. The molecule has 2 aromatic rings. The monoisotopic (exact) mass is 735 g/mol. The summed E-state index contributed by atoms with van der Waals surface area (Å²) in [4.78, 5) is 74.4. The number of anilines is 1. The van der Waals surface area contributed by atoms with Gasteiger partial charge in [0.05, 0.1) is 19.5 Å². The number of imidazole rings is 1. The highest BCUT2D eigenvalue weighted by molar-refractivity contribution is 7.61. The minimum atomic E-state index is -5.53. The van der Waals surface area contributed by atoms with Crippen LogP contribution in [0.3, 0.4) is 0 Å². The maximum absolute atomic E-state index is 12.6. The standard InChI is InChI=1S/C21H36N7O16P3/c1-4-23-12(29)5-6-24-19(32)16(31)21(2,3)8-41-47(38,39)44-46(36,37)40-7-11-15(43-45(33,34)35)14(30)20(42-11)28-10-27-13-17(22)25-9-26-18(13)28/h9-11,14-16,20,30-31H,4-8H2,1-3H3,(H,23,29)(H,24,32)(H,36,37)(H,38,39)(H2,22,25,26)(H2,33,34,35)/t11-,14-,15-,16?,20-/m1/s1. The van der Waals surface area contributed by atoms with Crippen LogP contribution < -0.4 is 16.4 Å². The van der Waals surface area contributed by atoms with Gasteiger partial charge in [0.2, 0.25) is 11.8 Å². The highest BCUT2D eigenvalue weighted by atomic mass is 31.3. The van der Waals surface area contributed by atoms with E-state index < -0.39 is 78.6 Å². The molecule has 0 aliphatic carbocycles. The summed E-state index contributed by atoms with van der Waals surface area (Å²) < 4.78 is 61.6. The molecule has 47 heavy (non-hydrogen) atoms. The highest BCUT2D eigenvalue weighted by Crippen LogP contribution is 2.61. The Bertz CT molecular complexity index is 1570. The summed E-state index contributed by atoms with van der Waals surface area (Å²) in [6.45, 7) is 2.54. The van der Waals surface area contributed by atoms with Crippen LogP contribution in [0.25, 0.3) is 11.2 Å². The van der Waals surface area contributed by atoms with Crippen LogP contribution in [0.15, 0.2) is 12.7 Å². The van der Waals surface area contributed by atoms with Gasteiger partial charge in [0.1, 0.15) is 36.3 Å². The van der Waals surface area contributed by atoms with Crippen molar-refractivity contribution in [1.29, 1.82) is 0 Å². The second kappa shape index (κ2) is 15.4. The number of nitrogen functional groups attached to an aromatic ring is 1. The first-order valence-electron chi connectivity index (χ1n) is 13.6. The number of rotatable bonds is 17. The molecule has 3 unspecified atom stereocenters. The molecule has 0 saturated carbocycles. The molecule has 1 aliphatic rings. The molecule has 2 amide bonds. The Morgan fingerprint density at radius 2 is 1.77 bits per heavy atom. The second-order valence-corrected chi connectivity index (χ2v) is 14.9. The van der Waals surface area contributed by atoms with E-state index in [1.54, 1.807) is 6.92 Å². The summed E-state index contributed by atoms with van der Waals surface area (Å²) in [7, 11) is -16.3. The summed E-state index contributed by atoms with van der Waals surface area (Å²) in [5.41, 5.74) is 4.31. The number of carbonyl (C=O) groups is 2. The number of ether oxygens (including phenoxy) is 1. The van der Waals surface area contributed by atoms with Crippen molar-refractivity contribution < 1.29 is 75.7 Å². The van der Waals surface area contributed by atoms with E-state index in [0.29, 0.717) is 6.54 Å². The van der Waals surface area contributed by atoms with Gasteiger partial charge in [0.25, 0.3) is 0 Å². The second-order valence-electron chi connectivity index (χ2n) is 10.7. The van der Waals surface area contributed by atoms with Gasteiger partial charge in [-0.05, 0) is 6.92 Å². The lowest BCUT2D eigenvalue weighted by Gasteiger charge is -2.30. The third kappa shape index (κ3) is 10.8. The van der Waals surface area contributed by atoms with E-state index in [1.807, 2.05) is 0 Å². The molecule has 1 aliphatic heterocycles. The van der Waals surface area contributed by atoms with E-state index in [2.05, 4.69) is 34.4 Å². The SMILES string of the molecule is CCNC(=O)CCNC(=O)C(O)C(C)(C)COP(=O)(O)OP(=O)(O)OC[C@H]1O[C@@H](n2cnc3c(N)ncnc32)[C@H](O)[C@@H]1OP(=O)(O)O. The van der Waals surface area contributed by atoms with Crippen LogP contribution in [-0.4, -0.2) is 112 Å². The molecule has 23 nitrogen and oxygen atoms in total. The lowest BCUT2D eigenvalue weighted by molar-refractivity contribution is -0.137. The number of carbonyl (C=O) groups excluding carboxylic acids is 2. The van der Waals surface area contributed by atoms with Crippen LogP contribution in [0.4, 0.5) is 5.82 Å². The van der Waals surface area contributed by atoms with E-state index in [0.717, 1.165) is 17.2 Å². The van der Waals surface area contributed by atoms with Gasteiger partial charge in [-0.3, -0.25) is 27.7 Å². The number of hydrogen-bond donors (Lipinski definition) is 9. The lowest BCUT2D eigenvalue weighted by Crippen LogP contribution is -2.46. The van der Waals surface area contributed by atoms with Crippen molar-refractivity contribution in [3.63, 3.8) is 0 Å². The molecule has 1 fully saturated rings. The summed E-state index contributed by atoms with van der Waals surface area (Å²) in [6.07, 6.45) is -6.68. The van der Waals surface area contributed by atoms with Gasteiger partial charge in [-0.15, -0.1) is 0 Å². The minimum absolute atomic E-state index is 0.0346. The van der Waals surface area contributed by atoms with Gasteiger partial charge in [0.15, 0.2) is 17.7 Å². The van der Waals surface area contributed by atoms with Gasteiger partial charge in [-0.1, -0.05) is 13.8 Å². The Balaban J connectivity index is 1.63. The minimum Gasteiger partial charge on any atom is -0.386 e. The fraction of sp³-hybridized carbons (Fsp3) is 0.667. The molecule has 2 aromatic heterocycles. The van der Waals surface area contributed by atoms with Crippen LogP contribution >= 0.6 is 23.5 Å². The van der Waals surface area contributed by atoms with Crippen molar-refractivity contribution in [2.24, 2.45) is 5.41 Å². The summed E-state index contributed by atoms with van der Waals surface area (Å²) >= 11 is 0. The molecule has 7 atom stereocenters. The Kier molecular flexibility index (Phi) is 12.8. The predicted molar refractivity (Wildman–Crippen MR) is 155 cm³/mol. The molecule has 26 heteroatoms. The lowest BCUT2D eigenvalue weighted by atomic mass is 9.87. The van der Waals surface area contributed by atoms with Crippen molar-refractivity contribution in [2.45, 2.75) is 57.8 Å². The normalized spacial score (nSPS) is 23.6. The quantitative estimate of drug-likeness (QED) is 0.0828. The van der Waals surface area contributed by atoms with E-state index in [-0.39, 0.29) is 35.9 Å².